The predicted molar refractivity (Wildman–Crippen MR) is 128 cm³/mol. The fourth-order valence-electron chi connectivity index (χ4n) is 3.64. The number of benzene rings is 2. The molecule has 0 spiro atoms. The number of hydrogen-bond acceptors (Lipinski definition) is 8. The second-order valence-corrected chi connectivity index (χ2v) is 7.66. The molecule has 1 heterocycles. The number of esters is 2. The van der Waals surface area contributed by atoms with E-state index in [9.17, 15) is 9.59 Å². The van der Waals surface area contributed by atoms with E-state index in [0.717, 1.165) is 0 Å². The Morgan fingerprint density at radius 2 is 1.37 bits per heavy atom. The lowest BCUT2D eigenvalue weighted by Gasteiger charge is -2.44. The Morgan fingerprint density at radius 1 is 0.829 bits per heavy atom. The van der Waals surface area contributed by atoms with Crippen molar-refractivity contribution in [2.45, 2.75) is 30.7 Å². The summed E-state index contributed by atoms with van der Waals surface area (Å²) in [4.78, 5) is 25.8. The van der Waals surface area contributed by atoms with E-state index in [1.807, 2.05) is 0 Å². The summed E-state index contributed by atoms with van der Waals surface area (Å²) in [6.07, 6.45) is -1.58. The first-order chi connectivity index (χ1) is 17.1. The van der Waals surface area contributed by atoms with Gasteiger partial charge in [0, 0.05) is 7.11 Å². The Bertz CT molecular complexity index is 962. The van der Waals surface area contributed by atoms with Gasteiger partial charge in [0.15, 0.2) is 18.5 Å². The first-order valence-corrected chi connectivity index (χ1v) is 11.2. The largest absolute Gasteiger partial charge is 0.453 e. The molecule has 35 heavy (non-hydrogen) atoms. The number of carbonyl (C=O) groups excluding carboxylic acids is 2. The van der Waals surface area contributed by atoms with E-state index in [4.69, 9.17) is 28.4 Å². The highest BCUT2D eigenvalue weighted by molar-refractivity contribution is 5.90. The van der Waals surface area contributed by atoms with Crippen LogP contribution in [0.15, 0.2) is 86.0 Å². The molecule has 0 unspecified atom stereocenters. The van der Waals surface area contributed by atoms with Gasteiger partial charge in [-0.15, -0.1) is 13.2 Å². The number of methoxy groups -OCH3 is 1. The molecule has 1 saturated heterocycles. The maximum atomic E-state index is 13.0. The van der Waals surface area contributed by atoms with Gasteiger partial charge in [-0.3, -0.25) is 0 Å². The van der Waals surface area contributed by atoms with Crippen molar-refractivity contribution in [2.75, 3.05) is 26.9 Å². The summed E-state index contributed by atoms with van der Waals surface area (Å²) < 4.78 is 34.8. The maximum Gasteiger partial charge on any atom is 0.338 e. The molecule has 8 heteroatoms. The van der Waals surface area contributed by atoms with E-state index < -0.39 is 42.6 Å². The summed E-state index contributed by atoms with van der Waals surface area (Å²) in [5.74, 6) is -1.17. The van der Waals surface area contributed by atoms with Crippen molar-refractivity contribution in [2.24, 2.45) is 0 Å². The SMILES string of the molecule is C=CCOC[C@H]1O[C@H](OC)[C@@H](OC(=O)c2ccccc2)[C@@H](OCC=C)[C@@H]1OC(=O)c1ccccc1. The Labute approximate surface area is 205 Å². The van der Waals surface area contributed by atoms with Gasteiger partial charge in [0.25, 0.3) is 0 Å². The molecule has 1 aliphatic heterocycles. The van der Waals surface area contributed by atoms with Gasteiger partial charge in [0.1, 0.15) is 12.2 Å². The van der Waals surface area contributed by atoms with E-state index in [1.165, 1.54) is 7.11 Å². The molecular formula is C27H30O8. The molecule has 0 aromatic heterocycles. The second-order valence-electron chi connectivity index (χ2n) is 7.66. The highest BCUT2D eigenvalue weighted by atomic mass is 16.7. The van der Waals surface area contributed by atoms with Crippen LogP contribution in [0.5, 0.6) is 0 Å². The summed E-state index contributed by atoms with van der Waals surface area (Å²) in [6.45, 7) is 7.77. The zero-order chi connectivity index (χ0) is 25.0. The van der Waals surface area contributed by atoms with Crippen molar-refractivity contribution in [1.82, 2.24) is 0 Å². The fourth-order valence-corrected chi connectivity index (χ4v) is 3.64. The summed E-state index contributed by atoms with van der Waals surface area (Å²) in [6, 6.07) is 17.0. The van der Waals surface area contributed by atoms with E-state index >= 15 is 0 Å². The topological polar surface area (TPSA) is 89.5 Å². The molecule has 2 aromatic carbocycles. The number of ether oxygens (including phenoxy) is 6. The normalized spacial score (nSPS) is 23.7. The van der Waals surface area contributed by atoms with Crippen molar-refractivity contribution < 1.29 is 38.0 Å². The van der Waals surface area contributed by atoms with Crippen LogP contribution in [0.1, 0.15) is 20.7 Å². The lowest BCUT2D eigenvalue weighted by molar-refractivity contribution is -0.299. The molecule has 1 aliphatic rings. The third-order valence-corrected chi connectivity index (χ3v) is 5.25. The Kier molecular flexibility index (Phi) is 10.2. The standard InChI is InChI=1S/C27H30O8/c1-4-16-31-18-21-22(34-25(28)19-12-8-6-9-13-19)23(32-17-5-2)24(27(30-3)33-21)35-26(29)20-14-10-7-11-15-20/h4-15,21-24,27H,1-2,16-18H2,3H3/t21-,22-,23+,24+,27+/m1/s1. The van der Waals surface area contributed by atoms with Crippen LogP contribution in [0.4, 0.5) is 0 Å². The molecular weight excluding hydrogens is 452 g/mol. The van der Waals surface area contributed by atoms with Crippen molar-refractivity contribution in [3.05, 3.63) is 97.1 Å². The van der Waals surface area contributed by atoms with Crippen LogP contribution < -0.4 is 0 Å². The van der Waals surface area contributed by atoms with Crippen molar-refractivity contribution in [3.8, 4) is 0 Å². The van der Waals surface area contributed by atoms with Gasteiger partial charge in [-0.1, -0.05) is 48.6 Å². The van der Waals surface area contributed by atoms with Gasteiger partial charge in [0.2, 0.25) is 0 Å². The van der Waals surface area contributed by atoms with Crippen molar-refractivity contribution >= 4 is 11.9 Å². The first kappa shape index (κ1) is 26.3. The lowest BCUT2D eigenvalue weighted by Crippen LogP contribution is -2.62. The van der Waals surface area contributed by atoms with E-state index in [0.29, 0.717) is 11.1 Å². The molecule has 0 amide bonds. The van der Waals surface area contributed by atoms with Crippen LogP contribution >= 0.6 is 0 Å². The van der Waals surface area contributed by atoms with Gasteiger partial charge in [0.05, 0.1) is 30.9 Å². The van der Waals surface area contributed by atoms with Gasteiger partial charge >= 0.3 is 11.9 Å². The quantitative estimate of drug-likeness (QED) is 0.258. The summed E-state index contributed by atoms with van der Waals surface area (Å²) >= 11 is 0. The minimum absolute atomic E-state index is 0.0614. The van der Waals surface area contributed by atoms with Crippen LogP contribution in [0, 0.1) is 0 Å². The Balaban J connectivity index is 1.91. The Morgan fingerprint density at radius 3 is 1.89 bits per heavy atom. The minimum atomic E-state index is -1.04. The van der Waals surface area contributed by atoms with Crippen LogP contribution in [0.25, 0.3) is 0 Å². The average Bonchev–Trinajstić information content (AvgIpc) is 2.90. The third kappa shape index (κ3) is 7.10. The van der Waals surface area contributed by atoms with Crippen molar-refractivity contribution in [3.63, 3.8) is 0 Å². The zero-order valence-electron chi connectivity index (χ0n) is 19.6. The molecule has 0 saturated carbocycles. The second kappa shape index (κ2) is 13.6. The molecule has 8 nitrogen and oxygen atoms in total. The molecule has 2 aromatic rings. The average molecular weight is 483 g/mol. The number of hydrogen-bond donors (Lipinski definition) is 0. The third-order valence-electron chi connectivity index (χ3n) is 5.25. The van der Waals surface area contributed by atoms with E-state index in [-0.39, 0.29) is 19.8 Å². The van der Waals surface area contributed by atoms with Crippen LogP contribution in [-0.2, 0) is 28.4 Å². The van der Waals surface area contributed by atoms with Crippen molar-refractivity contribution in [1.29, 1.82) is 0 Å². The summed E-state index contributed by atoms with van der Waals surface area (Å²) in [5, 5.41) is 0. The minimum Gasteiger partial charge on any atom is -0.453 e. The Hall–Kier alpha value is -3.30. The highest BCUT2D eigenvalue weighted by Gasteiger charge is 2.51. The molecule has 186 valence electrons. The summed E-state index contributed by atoms with van der Waals surface area (Å²) in [7, 11) is 1.43. The molecule has 1 fully saturated rings. The van der Waals surface area contributed by atoms with Crippen LogP contribution in [-0.4, -0.2) is 69.6 Å². The van der Waals surface area contributed by atoms with Gasteiger partial charge in [-0.2, -0.15) is 0 Å². The zero-order valence-corrected chi connectivity index (χ0v) is 19.6. The molecule has 0 radical (unpaired) electrons. The fraction of sp³-hybridized carbons (Fsp3) is 0.333. The number of carbonyl (C=O) groups is 2. The first-order valence-electron chi connectivity index (χ1n) is 11.2. The molecule has 3 rings (SSSR count). The van der Waals surface area contributed by atoms with E-state index in [1.54, 1.807) is 72.8 Å². The maximum absolute atomic E-state index is 13.0. The van der Waals surface area contributed by atoms with Gasteiger partial charge < -0.3 is 28.4 Å². The monoisotopic (exact) mass is 482 g/mol. The molecule has 0 aliphatic carbocycles. The summed E-state index contributed by atoms with van der Waals surface area (Å²) in [5.41, 5.74) is 0.700. The van der Waals surface area contributed by atoms with Crippen LogP contribution in [0.2, 0.25) is 0 Å². The smallest absolute Gasteiger partial charge is 0.338 e. The van der Waals surface area contributed by atoms with E-state index in [2.05, 4.69) is 13.2 Å². The van der Waals surface area contributed by atoms with Crippen LogP contribution in [0.3, 0.4) is 0 Å². The van der Waals surface area contributed by atoms with Gasteiger partial charge in [-0.05, 0) is 24.3 Å². The lowest BCUT2D eigenvalue weighted by atomic mass is 9.98. The molecule has 0 bridgehead atoms. The highest BCUT2D eigenvalue weighted by Crippen LogP contribution is 2.30. The predicted octanol–water partition coefficient (Wildman–Crippen LogP) is 3.58. The number of rotatable bonds is 12. The van der Waals surface area contributed by atoms with Gasteiger partial charge in [-0.25, -0.2) is 9.59 Å². The molecule has 5 atom stereocenters. The molecule has 0 N–H and O–H groups in total.